The number of aryl methyl sites for hydroxylation is 1. The van der Waals surface area contributed by atoms with Gasteiger partial charge in [-0.2, -0.15) is 0 Å². The van der Waals surface area contributed by atoms with Crippen LogP contribution in [0.3, 0.4) is 0 Å². The molecular weight excluding hydrogens is 494 g/mol. The van der Waals surface area contributed by atoms with Crippen LogP contribution in [-0.4, -0.2) is 30.6 Å². The number of carbonyl (C=O) groups is 1. The summed E-state index contributed by atoms with van der Waals surface area (Å²) in [5.74, 6) is -0.644. The molecule has 0 bridgehead atoms. The fourth-order valence-electron chi connectivity index (χ4n) is 5.23. The van der Waals surface area contributed by atoms with E-state index in [1.54, 1.807) is 29.8 Å². The Balaban J connectivity index is 1.56. The molecule has 0 saturated heterocycles. The third-order valence-electron chi connectivity index (χ3n) is 7.26. The fourth-order valence-corrected chi connectivity index (χ4v) is 5.23. The number of rotatable bonds is 11. The predicted molar refractivity (Wildman–Crippen MR) is 154 cm³/mol. The number of unbranched alkanes of at least 4 members (excludes halogenated alkanes) is 1. The van der Waals surface area contributed by atoms with E-state index in [-0.39, 0.29) is 35.5 Å². The first kappa shape index (κ1) is 28.4. The zero-order chi connectivity index (χ0) is 28.3. The number of para-hydroxylation sites is 2. The second-order valence-electron chi connectivity index (χ2n) is 11.7. The van der Waals surface area contributed by atoms with E-state index >= 15 is 0 Å². The van der Waals surface area contributed by atoms with Gasteiger partial charge in [0.05, 0.1) is 11.0 Å². The van der Waals surface area contributed by atoms with Gasteiger partial charge in [0, 0.05) is 31.2 Å². The molecule has 0 saturated carbocycles. The lowest BCUT2D eigenvalue weighted by atomic mass is 9.90. The van der Waals surface area contributed by atoms with Crippen molar-refractivity contribution in [2.45, 2.75) is 91.8 Å². The Morgan fingerprint density at radius 2 is 1.79 bits per heavy atom. The van der Waals surface area contributed by atoms with E-state index in [2.05, 4.69) is 33.0 Å². The largest absolute Gasteiger partial charge is 0.420 e. The normalized spacial score (nSPS) is 13.7. The average molecular weight is 536 g/mol. The number of imidazole rings is 1. The molecule has 210 valence electrons. The molecule has 0 spiro atoms. The molecule has 1 N–H and O–H groups in total. The van der Waals surface area contributed by atoms with Crippen LogP contribution >= 0.6 is 0 Å². The van der Waals surface area contributed by atoms with E-state index in [1.807, 2.05) is 29.7 Å². The van der Waals surface area contributed by atoms with Crippen LogP contribution in [0.25, 0.3) is 22.3 Å². The van der Waals surface area contributed by atoms with Crippen molar-refractivity contribution in [3.63, 3.8) is 0 Å². The number of nitrogens with zero attached hydrogens (tertiary/aromatic N) is 4. The lowest BCUT2D eigenvalue weighted by Crippen LogP contribution is -2.39. The molecule has 0 fully saturated rings. The number of hydrogen-bond acceptors (Lipinski definition) is 5. The summed E-state index contributed by atoms with van der Waals surface area (Å²) in [5.41, 5.74) is 3.43. The molecule has 0 radical (unpaired) electrons. The first-order valence-corrected chi connectivity index (χ1v) is 14.0. The Bertz CT molecular complexity index is 1570. The van der Waals surface area contributed by atoms with Crippen molar-refractivity contribution in [3.05, 3.63) is 63.1 Å². The summed E-state index contributed by atoms with van der Waals surface area (Å²) in [6.45, 7) is 11.1. The number of nitrogens with one attached hydrogen (secondary N) is 1. The third-order valence-corrected chi connectivity index (χ3v) is 7.26. The van der Waals surface area contributed by atoms with E-state index in [9.17, 15) is 14.4 Å². The summed E-state index contributed by atoms with van der Waals surface area (Å²) in [4.78, 5) is 43.3. The zero-order valence-electron chi connectivity index (χ0n) is 24.0. The Hall–Kier alpha value is -3.62. The molecule has 39 heavy (non-hydrogen) atoms. The quantitative estimate of drug-likeness (QED) is 0.293. The summed E-state index contributed by atoms with van der Waals surface area (Å²) in [7, 11) is 1.78. The first-order chi connectivity index (χ1) is 18.5. The highest BCUT2D eigenvalue weighted by atomic mass is 16.4. The topological polar surface area (TPSA) is 104 Å². The maximum atomic E-state index is 13.0. The molecule has 2 atom stereocenters. The number of fused-ring (bicyclic) bond motifs is 2. The van der Waals surface area contributed by atoms with Gasteiger partial charge in [0.1, 0.15) is 6.54 Å². The maximum absolute atomic E-state index is 13.0. The van der Waals surface area contributed by atoms with E-state index < -0.39 is 5.76 Å². The number of pyridine rings is 1. The lowest BCUT2D eigenvalue weighted by Gasteiger charge is -2.24. The molecule has 4 rings (SSSR count). The Morgan fingerprint density at radius 1 is 1.05 bits per heavy atom. The van der Waals surface area contributed by atoms with Crippen LogP contribution in [0.15, 0.2) is 50.4 Å². The van der Waals surface area contributed by atoms with E-state index in [0.29, 0.717) is 23.3 Å². The highest BCUT2D eigenvalue weighted by molar-refractivity contribution is 5.79. The first-order valence-electron chi connectivity index (χ1n) is 14.0. The van der Waals surface area contributed by atoms with Crippen molar-refractivity contribution >= 4 is 28.2 Å². The van der Waals surface area contributed by atoms with Crippen LogP contribution < -0.4 is 16.8 Å². The van der Waals surface area contributed by atoms with Gasteiger partial charge in [0.25, 0.3) is 0 Å². The molecular formula is C30H41N5O4. The third kappa shape index (κ3) is 6.34. The molecule has 9 heteroatoms. The van der Waals surface area contributed by atoms with E-state index in [4.69, 9.17) is 9.40 Å². The number of aromatic nitrogens is 4. The molecule has 2 unspecified atom stereocenters. The number of benzene rings is 1. The highest BCUT2D eigenvalue weighted by Gasteiger charge is 2.23. The van der Waals surface area contributed by atoms with Crippen LogP contribution in [0.1, 0.15) is 78.3 Å². The van der Waals surface area contributed by atoms with Crippen molar-refractivity contribution in [2.75, 3.05) is 0 Å². The summed E-state index contributed by atoms with van der Waals surface area (Å²) in [5, 5.41) is 3.13. The molecule has 1 amide bonds. The van der Waals surface area contributed by atoms with Gasteiger partial charge in [-0.1, -0.05) is 59.6 Å². The monoisotopic (exact) mass is 535 g/mol. The van der Waals surface area contributed by atoms with Gasteiger partial charge in [-0.15, -0.1) is 0 Å². The number of oxazole rings is 1. The molecule has 0 aliphatic heterocycles. The summed E-state index contributed by atoms with van der Waals surface area (Å²) in [6, 6.07) is 11.1. The van der Waals surface area contributed by atoms with Crippen LogP contribution in [0.5, 0.6) is 0 Å². The van der Waals surface area contributed by atoms with Gasteiger partial charge >= 0.3 is 11.4 Å². The molecule has 3 heterocycles. The second-order valence-corrected chi connectivity index (χ2v) is 11.7. The van der Waals surface area contributed by atoms with E-state index in [1.165, 1.54) is 4.57 Å². The Kier molecular flexibility index (Phi) is 8.47. The molecule has 0 aliphatic carbocycles. The Labute approximate surface area is 228 Å². The van der Waals surface area contributed by atoms with Gasteiger partial charge in [-0.05, 0) is 48.9 Å². The molecule has 4 aromatic rings. The second kappa shape index (κ2) is 11.6. The van der Waals surface area contributed by atoms with E-state index in [0.717, 1.165) is 43.3 Å². The summed E-state index contributed by atoms with van der Waals surface area (Å²) >= 11 is 0. The summed E-state index contributed by atoms with van der Waals surface area (Å²) < 4.78 is 10.1. The van der Waals surface area contributed by atoms with Crippen molar-refractivity contribution in [1.82, 2.24) is 24.0 Å². The van der Waals surface area contributed by atoms with Crippen LogP contribution in [0, 0.1) is 5.41 Å². The standard InChI is InChI=1S/C30H41N5O4/c1-7-9-12-20(22-15-16-24-27(32-22)33(6)28(37)35(24)19-30(3,4)5)17-21(8-2)31-26(36)18-34-23-13-10-11-14-25(23)39-29(34)38/h10-11,13-16,20-21H,7-9,12,17-19H2,1-6H3,(H,31,36). The smallest absolute Gasteiger partial charge is 0.408 e. The molecule has 3 aromatic heterocycles. The number of amides is 1. The van der Waals surface area contributed by atoms with Crippen molar-refractivity contribution < 1.29 is 9.21 Å². The highest BCUT2D eigenvalue weighted by Crippen LogP contribution is 2.29. The van der Waals surface area contributed by atoms with Crippen LogP contribution in [0.2, 0.25) is 0 Å². The minimum atomic E-state index is -0.540. The maximum Gasteiger partial charge on any atom is 0.420 e. The van der Waals surface area contributed by atoms with Crippen LogP contribution in [-0.2, 0) is 24.9 Å². The van der Waals surface area contributed by atoms with Gasteiger partial charge in [-0.3, -0.25) is 18.5 Å². The van der Waals surface area contributed by atoms with Crippen LogP contribution in [0.4, 0.5) is 0 Å². The molecule has 1 aromatic carbocycles. The van der Waals surface area contributed by atoms with Crippen molar-refractivity contribution in [1.29, 1.82) is 0 Å². The van der Waals surface area contributed by atoms with Gasteiger partial charge in [0.15, 0.2) is 11.2 Å². The summed E-state index contributed by atoms with van der Waals surface area (Å²) in [6.07, 6.45) is 4.49. The van der Waals surface area contributed by atoms with Gasteiger partial charge in [0.2, 0.25) is 5.91 Å². The average Bonchev–Trinajstić information content (AvgIpc) is 3.32. The molecule has 9 nitrogen and oxygen atoms in total. The lowest BCUT2D eigenvalue weighted by molar-refractivity contribution is -0.122. The van der Waals surface area contributed by atoms with Crippen molar-refractivity contribution in [3.8, 4) is 0 Å². The zero-order valence-corrected chi connectivity index (χ0v) is 24.0. The van der Waals surface area contributed by atoms with Gasteiger partial charge in [-0.25, -0.2) is 14.6 Å². The number of hydrogen-bond donors (Lipinski definition) is 1. The predicted octanol–water partition coefficient (Wildman–Crippen LogP) is 4.95. The fraction of sp³-hybridized carbons (Fsp3) is 0.533. The van der Waals surface area contributed by atoms with Gasteiger partial charge < -0.3 is 9.73 Å². The molecule has 0 aliphatic rings. The Morgan fingerprint density at radius 3 is 2.49 bits per heavy atom. The SMILES string of the molecule is CCCCC(CC(CC)NC(=O)Cn1c(=O)oc2ccccc21)c1ccc2c(n1)n(C)c(=O)n2CC(C)(C)C. The number of carbonyl (C=O) groups excluding carboxylic acids is 1. The minimum Gasteiger partial charge on any atom is -0.408 e. The minimum absolute atomic E-state index is 0.0408. The van der Waals surface area contributed by atoms with Crippen molar-refractivity contribution in [2.24, 2.45) is 12.5 Å².